The first-order chi connectivity index (χ1) is 8.83. The maximum atomic E-state index is 11.1. The summed E-state index contributed by atoms with van der Waals surface area (Å²) >= 11 is 1.22. The molecule has 18 heavy (non-hydrogen) atoms. The zero-order chi connectivity index (χ0) is 12.4. The summed E-state index contributed by atoms with van der Waals surface area (Å²) in [5.41, 5.74) is 2.32. The van der Waals surface area contributed by atoms with Gasteiger partial charge >= 0.3 is 4.87 Å². The van der Waals surface area contributed by atoms with Gasteiger partial charge in [0, 0.05) is 23.7 Å². The first-order valence-corrected chi connectivity index (χ1v) is 7.16. The highest BCUT2D eigenvalue weighted by Gasteiger charge is 2.31. The molecule has 3 nitrogen and oxygen atoms in total. The summed E-state index contributed by atoms with van der Waals surface area (Å²) < 4.78 is 0. The Hall–Kier alpha value is -1.39. The van der Waals surface area contributed by atoms with E-state index in [0.717, 1.165) is 18.2 Å². The Morgan fingerprint density at radius 2 is 2.11 bits per heavy atom. The number of hydrogen-bond donors (Lipinski definition) is 2. The minimum absolute atomic E-state index is 0.0227. The van der Waals surface area contributed by atoms with Gasteiger partial charge in [-0.25, -0.2) is 0 Å². The van der Waals surface area contributed by atoms with Gasteiger partial charge in [0.05, 0.1) is 0 Å². The molecule has 1 aliphatic rings. The quantitative estimate of drug-likeness (QED) is 0.868. The fourth-order valence-corrected chi connectivity index (χ4v) is 2.85. The van der Waals surface area contributed by atoms with E-state index in [9.17, 15) is 4.79 Å². The second kappa shape index (κ2) is 5.08. The molecule has 94 valence electrons. The molecule has 2 N–H and O–H groups in total. The summed E-state index contributed by atoms with van der Waals surface area (Å²) in [6, 6.07) is 11.0. The molecule has 0 aliphatic heterocycles. The Morgan fingerprint density at radius 3 is 2.72 bits per heavy atom. The van der Waals surface area contributed by atoms with Crippen molar-refractivity contribution in [2.24, 2.45) is 5.92 Å². The van der Waals surface area contributed by atoms with Crippen LogP contribution in [0.3, 0.4) is 0 Å². The van der Waals surface area contributed by atoms with Crippen LogP contribution in [0.2, 0.25) is 0 Å². The molecular weight excluding hydrogens is 244 g/mol. The van der Waals surface area contributed by atoms with Crippen molar-refractivity contribution in [3.63, 3.8) is 0 Å². The molecule has 0 bridgehead atoms. The Kier molecular flexibility index (Phi) is 3.30. The molecule has 1 atom stereocenters. The van der Waals surface area contributed by atoms with E-state index in [1.165, 1.54) is 29.7 Å². The van der Waals surface area contributed by atoms with Crippen molar-refractivity contribution in [1.82, 2.24) is 10.3 Å². The second-order valence-corrected chi connectivity index (χ2v) is 5.62. The van der Waals surface area contributed by atoms with Gasteiger partial charge in [-0.3, -0.25) is 4.79 Å². The topological polar surface area (TPSA) is 44.9 Å². The standard InChI is InChI=1S/C14H16N2OS/c17-14-16-12(9-18-14)8-15-13(11-6-7-11)10-4-2-1-3-5-10/h1-5,9,11,13,15H,6-8H2,(H,16,17). The molecule has 4 heteroatoms. The first kappa shape index (κ1) is 11.7. The lowest BCUT2D eigenvalue weighted by Gasteiger charge is -2.18. The SMILES string of the molecule is O=c1[nH]c(CNC(c2ccccc2)C2CC2)cs1. The van der Waals surface area contributed by atoms with Crippen LogP contribution in [0.15, 0.2) is 40.5 Å². The summed E-state index contributed by atoms with van der Waals surface area (Å²) in [6.07, 6.45) is 2.60. The normalized spacial score (nSPS) is 16.7. The van der Waals surface area contributed by atoms with Crippen molar-refractivity contribution in [2.45, 2.75) is 25.4 Å². The number of benzene rings is 1. The van der Waals surface area contributed by atoms with E-state index in [0.29, 0.717) is 6.04 Å². The maximum Gasteiger partial charge on any atom is 0.304 e. The Labute approximate surface area is 110 Å². The average molecular weight is 260 g/mol. The lowest BCUT2D eigenvalue weighted by atomic mass is 10.0. The predicted molar refractivity (Wildman–Crippen MR) is 73.7 cm³/mol. The monoisotopic (exact) mass is 260 g/mol. The van der Waals surface area contributed by atoms with Crippen LogP contribution in [-0.4, -0.2) is 4.98 Å². The van der Waals surface area contributed by atoms with Crippen LogP contribution in [0, 0.1) is 5.92 Å². The van der Waals surface area contributed by atoms with Crippen LogP contribution in [0.1, 0.15) is 30.1 Å². The van der Waals surface area contributed by atoms with Crippen LogP contribution in [-0.2, 0) is 6.54 Å². The largest absolute Gasteiger partial charge is 0.315 e. The van der Waals surface area contributed by atoms with E-state index in [2.05, 4.69) is 34.6 Å². The van der Waals surface area contributed by atoms with E-state index in [1.807, 2.05) is 11.4 Å². The highest BCUT2D eigenvalue weighted by molar-refractivity contribution is 7.07. The lowest BCUT2D eigenvalue weighted by Crippen LogP contribution is -2.23. The van der Waals surface area contributed by atoms with E-state index in [4.69, 9.17) is 0 Å². The van der Waals surface area contributed by atoms with Crippen molar-refractivity contribution >= 4 is 11.3 Å². The molecule has 1 aromatic carbocycles. The molecule has 0 radical (unpaired) electrons. The van der Waals surface area contributed by atoms with E-state index >= 15 is 0 Å². The molecule has 0 spiro atoms. The predicted octanol–water partition coefficient (Wildman–Crippen LogP) is 2.68. The van der Waals surface area contributed by atoms with Gasteiger partial charge in [0.15, 0.2) is 0 Å². The Bertz CT molecular complexity index is 556. The van der Waals surface area contributed by atoms with Crippen molar-refractivity contribution in [2.75, 3.05) is 0 Å². The van der Waals surface area contributed by atoms with Gasteiger partial charge in [0.1, 0.15) is 0 Å². The zero-order valence-corrected chi connectivity index (χ0v) is 10.9. The van der Waals surface area contributed by atoms with E-state index in [-0.39, 0.29) is 4.87 Å². The summed E-state index contributed by atoms with van der Waals surface area (Å²) in [5.74, 6) is 0.748. The maximum absolute atomic E-state index is 11.1. The van der Waals surface area contributed by atoms with Crippen LogP contribution in [0.5, 0.6) is 0 Å². The van der Waals surface area contributed by atoms with Gasteiger partial charge in [-0.1, -0.05) is 41.7 Å². The molecular formula is C14H16N2OS. The number of H-pyrrole nitrogens is 1. The molecule has 1 aromatic heterocycles. The number of aromatic nitrogens is 1. The van der Waals surface area contributed by atoms with Gasteiger partial charge < -0.3 is 10.3 Å². The fraction of sp³-hybridized carbons (Fsp3) is 0.357. The molecule has 2 aromatic rings. The van der Waals surface area contributed by atoms with Crippen molar-refractivity contribution < 1.29 is 0 Å². The molecule has 1 aliphatic carbocycles. The molecule has 0 saturated heterocycles. The molecule has 1 unspecified atom stereocenters. The fourth-order valence-electron chi connectivity index (χ4n) is 2.27. The van der Waals surface area contributed by atoms with Gasteiger partial charge in [-0.2, -0.15) is 0 Å². The van der Waals surface area contributed by atoms with Crippen LogP contribution in [0.4, 0.5) is 0 Å². The zero-order valence-electron chi connectivity index (χ0n) is 10.1. The number of thiazole rings is 1. The Balaban J connectivity index is 1.70. The van der Waals surface area contributed by atoms with Crippen LogP contribution in [0.25, 0.3) is 0 Å². The van der Waals surface area contributed by atoms with Crippen molar-refractivity contribution in [3.8, 4) is 0 Å². The average Bonchev–Trinajstić information content (AvgIpc) is 3.14. The third kappa shape index (κ3) is 2.71. The summed E-state index contributed by atoms with van der Waals surface area (Å²) in [4.78, 5) is 14.0. The smallest absolute Gasteiger partial charge is 0.304 e. The second-order valence-electron chi connectivity index (χ2n) is 4.78. The lowest BCUT2D eigenvalue weighted by molar-refractivity contribution is 0.477. The third-order valence-electron chi connectivity index (χ3n) is 3.34. The molecule has 1 heterocycles. The summed E-state index contributed by atoms with van der Waals surface area (Å²) in [6.45, 7) is 0.731. The van der Waals surface area contributed by atoms with Gasteiger partial charge in [0.2, 0.25) is 0 Å². The van der Waals surface area contributed by atoms with E-state index < -0.39 is 0 Å². The summed E-state index contributed by atoms with van der Waals surface area (Å²) in [5, 5.41) is 5.46. The van der Waals surface area contributed by atoms with Crippen molar-refractivity contribution in [3.05, 3.63) is 56.6 Å². The first-order valence-electron chi connectivity index (χ1n) is 6.28. The van der Waals surface area contributed by atoms with E-state index in [1.54, 1.807) is 0 Å². The minimum Gasteiger partial charge on any atom is -0.315 e. The number of rotatable bonds is 5. The van der Waals surface area contributed by atoms with Gasteiger partial charge in [-0.15, -0.1) is 0 Å². The molecule has 3 rings (SSSR count). The number of nitrogens with one attached hydrogen (secondary N) is 2. The highest BCUT2D eigenvalue weighted by Crippen LogP contribution is 2.40. The molecule has 1 fully saturated rings. The Morgan fingerprint density at radius 1 is 1.33 bits per heavy atom. The van der Waals surface area contributed by atoms with Crippen molar-refractivity contribution in [1.29, 1.82) is 0 Å². The van der Waals surface area contributed by atoms with Gasteiger partial charge in [-0.05, 0) is 24.3 Å². The third-order valence-corrected chi connectivity index (χ3v) is 4.05. The highest BCUT2D eigenvalue weighted by atomic mass is 32.1. The molecule has 1 saturated carbocycles. The number of aromatic amines is 1. The number of hydrogen-bond acceptors (Lipinski definition) is 3. The summed E-state index contributed by atoms with van der Waals surface area (Å²) in [7, 11) is 0. The molecule has 0 amide bonds. The van der Waals surface area contributed by atoms with Crippen LogP contribution < -0.4 is 10.2 Å². The van der Waals surface area contributed by atoms with Gasteiger partial charge in [0.25, 0.3) is 0 Å². The minimum atomic E-state index is 0.0227. The van der Waals surface area contributed by atoms with Crippen LogP contribution >= 0.6 is 11.3 Å².